The van der Waals surface area contributed by atoms with Gasteiger partial charge in [0.1, 0.15) is 0 Å². The Hall–Kier alpha value is -2.70. The SMILES string of the molecule is Cc1nc(CN2CCC(C(=O)NCc3ccc(CN4CCc5ccccc54)cc3)CC2)cs1. The second kappa shape index (κ2) is 10.1. The van der Waals surface area contributed by atoms with Gasteiger partial charge in [0.2, 0.25) is 5.91 Å². The van der Waals surface area contributed by atoms with Gasteiger partial charge in [-0.25, -0.2) is 4.98 Å². The Morgan fingerprint density at radius 3 is 2.55 bits per heavy atom. The quantitative estimate of drug-likeness (QED) is 0.562. The molecule has 1 N–H and O–H groups in total. The van der Waals surface area contributed by atoms with E-state index in [0.29, 0.717) is 6.54 Å². The Morgan fingerprint density at radius 1 is 1.03 bits per heavy atom. The van der Waals surface area contributed by atoms with Crippen LogP contribution < -0.4 is 10.2 Å². The summed E-state index contributed by atoms with van der Waals surface area (Å²) in [6, 6.07) is 17.4. The molecule has 5 nitrogen and oxygen atoms in total. The third-order valence-electron chi connectivity index (χ3n) is 6.86. The number of nitrogens with zero attached hydrogens (tertiary/aromatic N) is 3. The summed E-state index contributed by atoms with van der Waals surface area (Å²) < 4.78 is 0. The van der Waals surface area contributed by atoms with Crippen molar-refractivity contribution in [2.45, 2.75) is 45.8 Å². The first-order valence-corrected chi connectivity index (χ1v) is 12.8. The number of nitrogens with one attached hydrogen (secondary N) is 1. The van der Waals surface area contributed by atoms with Gasteiger partial charge in [0.15, 0.2) is 0 Å². The van der Waals surface area contributed by atoms with Crippen molar-refractivity contribution in [3.63, 3.8) is 0 Å². The van der Waals surface area contributed by atoms with E-state index >= 15 is 0 Å². The molecule has 6 heteroatoms. The molecule has 172 valence electrons. The first kappa shape index (κ1) is 22.1. The maximum absolute atomic E-state index is 12.7. The Morgan fingerprint density at radius 2 is 1.79 bits per heavy atom. The summed E-state index contributed by atoms with van der Waals surface area (Å²) in [5.41, 5.74) is 6.43. The Bertz CT molecular complexity index is 1090. The van der Waals surface area contributed by atoms with Gasteiger partial charge in [0.25, 0.3) is 0 Å². The summed E-state index contributed by atoms with van der Waals surface area (Å²) in [5, 5.41) is 6.43. The Labute approximate surface area is 200 Å². The van der Waals surface area contributed by atoms with Crippen LogP contribution in [0.1, 0.15) is 40.2 Å². The van der Waals surface area contributed by atoms with E-state index in [2.05, 4.69) is 74.0 Å². The van der Waals surface area contributed by atoms with E-state index in [1.54, 1.807) is 11.3 Å². The number of hydrogen-bond acceptors (Lipinski definition) is 5. The molecule has 0 aliphatic carbocycles. The first-order valence-electron chi connectivity index (χ1n) is 12.0. The highest BCUT2D eigenvalue weighted by molar-refractivity contribution is 7.09. The molecule has 0 spiro atoms. The smallest absolute Gasteiger partial charge is 0.223 e. The second-order valence-electron chi connectivity index (χ2n) is 9.24. The molecule has 0 radical (unpaired) electrons. The van der Waals surface area contributed by atoms with Crippen molar-refractivity contribution in [3.05, 3.63) is 81.3 Å². The van der Waals surface area contributed by atoms with Crippen LogP contribution in [-0.4, -0.2) is 35.4 Å². The minimum absolute atomic E-state index is 0.118. The van der Waals surface area contributed by atoms with Gasteiger partial charge in [-0.1, -0.05) is 42.5 Å². The number of carbonyl (C=O) groups excluding carboxylic acids is 1. The van der Waals surface area contributed by atoms with Gasteiger partial charge in [-0.3, -0.25) is 9.69 Å². The normalized spacial score (nSPS) is 16.7. The molecule has 33 heavy (non-hydrogen) atoms. The molecule has 1 saturated heterocycles. The molecule has 1 amide bonds. The van der Waals surface area contributed by atoms with Gasteiger partial charge in [0.05, 0.1) is 10.7 Å². The molecular weight excluding hydrogens is 428 g/mol. The van der Waals surface area contributed by atoms with Crippen molar-refractivity contribution < 1.29 is 4.79 Å². The van der Waals surface area contributed by atoms with E-state index in [0.717, 1.165) is 68.3 Å². The molecule has 0 bridgehead atoms. The van der Waals surface area contributed by atoms with Gasteiger partial charge < -0.3 is 10.2 Å². The largest absolute Gasteiger partial charge is 0.367 e. The number of piperidine rings is 1. The third-order valence-corrected chi connectivity index (χ3v) is 7.68. The third kappa shape index (κ3) is 5.45. The molecule has 2 aromatic carbocycles. The number of fused-ring (bicyclic) bond motifs is 1. The lowest BCUT2D eigenvalue weighted by Crippen LogP contribution is -2.40. The monoisotopic (exact) mass is 460 g/mol. The molecule has 3 heterocycles. The molecule has 5 rings (SSSR count). The van der Waals surface area contributed by atoms with Crippen molar-refractivity contribution in [1.82, 2.24) is 15.2 Å². The fourth-order valence-corrected chi connectivity index (χ4v) is 5.55. The molecule has 1 fully saturated rings. The van der Waals surface area contributed by atoms with Crippen LogP contribution in [0.15, 0.2) is 53.9 Å². The summed E-state index contributed by atoms with van der Waals surface area (Å²) in [5.74, 6) is 0.310. The highest BCUT2D eigenvalue weighted by atomic mass is 32.1. The molecule has 0 saturated carbocycles. The summed E-state index contributed by atoms with van der Waals surface area (Å²) in [4.78, 5) is 22.1. The van der Waals surface area contributed by atoms with E-state index in [1.807, 2.05) is 6.92 Å². The summed E-state index contributed by atoms with van der Waals surface area (Å²) in [7, 11) is 0. The topological polar surface area (TPSA) is 48.5 Å². The fourth-order valence-electron chi connectivity index (χ4n) is 4.95. The maximum Gasteiger partial charge on any atom is 0.223 e. The summed E-state index contributed by atoms with van der Waals surface area (Å²) >= 11 is 1.70. The molecule has 3 aromatic rings. The number of amides is 1. The van der Waals surface area contributed by atoms with Crippen molar-refractivity contribution in [2.24, 2.45) is 5.92 Å². The van der Waals surface area contributed by atoms with Crippen LogP contribution in [0.4, 0.5) is 5.69 Å². The van der Waals surface area contributed by atoms with Gasteiger partial charge in [-0.05, 0) is 62.0 Å². The van der Waals surface area contributed by atoms with Crippen LogP contribution in [0.2, 0.25) is 0 Å². The zero-order valence-corrected chi connectivity index (χ0v) is 20.1. The van der Waals surface area contributed by atoms with E-state index in [4.69, 9.17) is 0 Å². The van der Waals surface area contributed by atoms with E-state index in [9.17, 15) is 4.79 Å². The van der Waals surface area contributed by atoms with Crippen molar-refractivity contribution >= 4 is 22.9 Å². The number of hydrogen-bond donors (Lipinski definition) is 1. The summed E-state index contributed by atoms with van der Waals surface area (Å²) in [6.07, 6.45) is 2.97. The average Bonchev–Trinajstić information content (AvgIpc) is 3.45. The minimum Gasteiger partial charge on any atom is -0.367 e. The number of anilines is 1. The van der Waals surface area contributed by atoms with Crippen molar-refractivity contribution in [2.75, 3.05) is 24.5 Å². The highest BCUT2D eigenvalue weighted by Gasteiger charge is 2.25. The number of carbonyl (C=O) groups is 1. The van der Waals surface area contributed by atoms with Crippen molar-refractivity contribution in [3.8, 4) is 0 Å². The lowest BCUT2D eigenvalue weighted by Gasteiger charge is -2.30. The lowest BCUT2D eigenvalue weighted by molar-refractivity contribution is -0.126. The Balaban J connectivity index is 1.06. The van der Waals surface area contributed by atoms with Crippen LogP contribution in [0.5, 0.6) is 0 Å². The van der Waals surface area contributed by atoms with Gasteiger partial charge in [-0.2, -0.15) is 0 Å². The molecule has 0 unspecified atom stereocenters. The van der Waals surface area contributed by atoms with Gasteiger partial charge in [-0.15, -0.1) is 11.3 Å². The molecule has 2 aliphatic rings. The second-order valence-corrected chi connectivity index (χ2v) is 10.3. The molecule has 2 aliphatic heterocycles. The van der Waals surface area contributed by atoms with Crippen molar-refractivity contribution in [1.29, 1.82) is 0 Å². The molecular formula is C27H32N4OS. The highest BCUT2D eigenvalue weighted by Crippen LogP contribution is 2.28. The van der Waals surface area contributed by atoms with E-state index < -0.39 is 0 Å². The predicted octanol–water partition coefficient (Wildman–Crippen LogP) is 4.54. The minimum atomic E-state index is 0.118. The van der Waals surface area contributed by atoms with Gasteiger partial charge >= 0.3 is 0 Å². The van der Waals surface area contributed by atoms with Crippen LogP contribution in [0.3, 0.4) is 0 Å². The average molecular weight is 461 g/mol. The first-order chi connectivity index (χ1) is 16.1. The number of likely N-dealkylation sites (tertiary alicyclic amines) is 1. The maximum atomic E-state index is 12.7. The number of aryl methyl sites for hydroxylation is 1. The van der Waals surface area contributed by atoms with E-state index in [1.165, 1.54) is 16.8 Å². The number of thiazole rings is 1. The zero-order chi connectivity index (χ0) is 22.6. The van der Waals surface area contributed by atoms with E-state index in [-0.39, 0.29) is 11.8 Å². The van der Waals surface area contributed by atoms with Gasteiger partial charge in [0, 0.05) is 43.2 Å². The van der Waals surface area contributed by atoms with Crippen LogP contribution in [0, 0.1) is 12.8 Å². The number of aromatic nitrogens is 1. The predicted molar refractivity (Wildman–Crippen MR) is 134 cm³/mol. The Kier molecular flexibility index (Phi) is 6.74. The number of rotatable bonds is 7. The fraction of sp³-hybridized carbons (Fsp3) is 0.407. The molecule has 0 atom stereocenters. The van der Waals surface area contributed by atoms with Crippen LogP contribution in [-0.2, 0) is 30.8 Å². The molecule has 1 aromatic heterocycles. The van der Waals surface area contributed by atoms with Crippen LogP contribution in [0.25, 0.3) is 0 Å². The zero-order valence-electron chi connectivity index (χ0n) is 19.3. The van der Waals surface area contributed by atoms with Crippen LogP contribution >= 0.6 is 11.3 Å². The number of para-hydroxylation sites is 1. The summed E-state index contributed by atoms with van der Waals surface area (Å²) in [6.45, 7) is 7.48. The number of benzene rings is 2. The lowest BCUT2D eigenvalue weighted by atomic mass is 9.95. The standard InChI is InChI=1S/C27H32N4OS/c1-20-29-25(19-33-20)18-30-13-10-24(11-14-30)27(32)28-16-21-6-8-22(9-7-21)17-31-15-12-23-4-2-3-5-26(23)31/h2-9,19,24H,10-18H2,1H3,(H,28,32).